The van der Waals surface area contributed by atoms with Gasteiger partial charge in [0.15, 0.2) is 6.17 Å². The number of nitrogens with one attached hydrogen (secondary N) is 1. The van der Waals surface area contributed by atoms with E-state index in [2.05, 4.69) is 206 Å². The van der Waals surface area contributed by atoms with Crippen molar-refractivity contribution in [1.29, 1.82) is 0 Å². The Balaban J connectivity index is 0.937. The molecule has 0 saturated carbocycles. The minimum Gasteiger partial charge on any atom is -0.460 e. The number of ether oxygens (including phenoxy) is 1. The topological polar surface area (TPSA) is 58.3 Å². The largest absolute Gasteiger partial charge is 0.460 e. The van der Waals surface area contributed by atoms with Crippen molar-refractivity contribution in [2.24, 2.45) is 32.7 Å². The summed E-state index contributed by atoms with van der Waals surface area (Å²) in [6.07, 6.45) is 20.7. The highest BCUT2D eigenvalue weighted by molar-refractivity contribution is 6.16. The fourth-order valence-electron chi connectivity index (χ4n) is 11.4. The lowest BCUT2D eigenvalue weighted by molar-refractivity contribution is 0.295. The molecule has 0 bridgehead atoms. The maximum Gasteiger partial charge on any atom is 0.161 e. The molecule has 3 aliphatic heterocycles. The quantitative estimate of drug-likeness (QED) is 0.174. The first-order chi connectivity index (χ1) is 32.1. The van der Waals surface area contributed by atoms with E-state index in [9.17, 15) is 0 Å². The second-order valence-electron chi connectivity index (χ2n) is 18.3. The van der Waals surface area contributed by atoms with Gasteiger partial charge in [0.25, 0.3) is 0 Å². The van der Waals surface area contributed by atoms with E-state index < -0.39 is 11.6 Å². The zero-order chi connectivity index (χ0) is 43.3. The molecule has 0 spiro atoms. The molecular formula is C60H50N4O. The number of hydrogen-bond acceptors (Lipinski definition) is 5. The number of nitrogens with zero attached hydrogens (tertiary/aromatic N) is 3. The standard InChI is InChI=1S/C60H50N4O/c1-39-48-31-29-44(34-51(48)49-27-15-14-26-46(49)35-50(39)47-37-53(40-18-6-2-7-19-40)61-54(38-47)41-20-8-3-9-21-41)45-30-32-55-52(36-45)60(33-17-16-28-56(60)65-55)59-63-57(42-22-10-4-11-23-42)62-58(64-59)43-24-12-5-13-25-43/h2-32,34,36-37,39,46-47,49-50,59H,33,35,38H2,1H3,(H,62,63,64). The summed E-state index contributed by atoms with van der Waals surface area (Å²) in [4.78, 5) is 16.2. The van der Waals surface area contributed by atoms with Gasteiger partial charge >= 0.3 is 0 Å². The molecule has 0 amide bonds. The number of hydrogen-bond donors (Lipinski definition) is 1. The first-order valence-electron chi connectivity index (χ1n) is 23.2. The van der Waals surface area contributed by atoms with Crippen molar-refractivity contribution < 1.29 is 4.74 Å². The summed E-state index contributed by atoms with van der Waals surface area (Å²) < 4.78 is 6.79. The van der Waals surface area contributed by atoms with Gasteiger partial charge in [-0.1, -0.05) is 195 Å². The summed E-state index contributed by atoms with van der Waals surface area (Å²) in [7, 11) is 0. The predicted molar refractivity (Wildman–Crippen MR) is 265 cm³/mol. The molecule has 6 unspecified atom stereocenters. The Morgan fingerprint density at radius 3 is 1.94 bits per heavy atom. The van der Waals surface area contributed by atoms with Crippen LogP contribution in [0.25, 0.3) is 16.8 Å². The van der Waals surface area contributed by atoms with Gasteiger partial charge in [0, 0.05) is 28.3 Å². The molecular weight excluding hydrogens is 793 g/mol. The van der Waals surface area contributed by atoms with Gasteiger partial charge in [-0.25, -0.2) is 9.98 Å². The average molecular weight is 843 g/mol. The number of amidine groups is 2. The van der Waals surface area contributed by atoms with E-state index in [4.69, 9.17) is 19.7 Å². The van der Waals surface area contributed by atoms with Gasteiger partial charge in [-0.2, -0.15) is 0 Å². The third-order valence-corrected chi connectivity index (χ3v) is 14.7. The Labute approximate surface area is 381 Å². The number of fused-ring (bicyclic) bond motifs is 6. The van der Waals surface area contributed by atoms with Crippen LogP contribution >= 0.6 is 0 Å². The molecule has 6 atom stereocenters. The molecule has 3 aliphatic carbocycles. The van der Waals surface area contributed by atoms with E-state index in [1.807, 2.05) is 12.1 Å². The van der Waals surface area contributed by atoms with Crippen LogP contribution in [0.5, 0.6) is 5.75 Å². The van der Waals surface area contributed by atoms with E-state index in [1.54, 1.807) is 0 Å². The van der Waals surface area contributed by atoms with Crippen LogP contribution in [-0.4, -0.2) is 23.5 Å². The minimum absolute atomic E-state index is 0.291. The van der Waals surface area contributed by atoms with E-state index in [1.165, 1.54) is 39.1 Å². The van der Waals surface area contributed by atoms with Crippen LogP contribution in [0.2, 0.25) is 0 Å². The van der Waals surface area contributed by atoms with E-state index >= 15 is 0 Å². The highest BCUT2D eigenvalue weighted by Crippen LogP contribution is 2.55. The van der Waals surface area contributed by atoms with Crippen molar-refractivity contribution >= 4 is 23.1 Å². The van der Waals surface area contributed by atoms with Crippen molar-refractivity contribution in [2.45, 2.75) is 49.6 Å². The molecule has 0 aromatic heterocycles. The Hall–Kier alpha value is -7.37. The average Bonchev–Trinajstić information content (AvgIpc) is 3.67. The Morgan fingerprint density at radius 1 is 0.600 bits per heavy atom. The molecule has 5 nitrogen and oxygen atoms in total. The monoisotopic (exact) mass is 842 g/mol. The van der Waals surface area contributed by atoms with Gasteiger partial charge in [0.2, 0.25) is 0 Å². The first kappa shape index (κ1) is 39.2. The Bertz CT molecular complexity index is 2990. The number of aliphatic imine (C=N–C) groups is 3. The lowest BCUT2D eigenvalue weighted by Crippen LogP contribution is -2.46. The van der Waals surface area contributed by atoms with Gasteiger partial charge in [0.05, 0.1) is 5.70 Å². The minimum atomic E-state index is -0.619. The highest BCUT2D eigenvalue weighted by atomic mass is 16.5. The van der Waals surface area contributed by atoms with Gasteiger partial charge in [-0.3, -0.25) is 4.99 Å². The lowest BCUT2D eigenvalue weighted by atomic mass is 9.71. The van der Waals surface area contributed by atoms with Crippen LogP contribution in [0, 0.1) is 17.8 Å². The van der Waals surface area contributed by atoms with Gasteiger partial charge in [-0.15, -0.1) is 0 Å². The number of rotatable bonds is 7. The molecule has 6 aromatic rings. The van der Waals surface area contributed by atoms with Crippen molar-refractivity contribution in [3.8, 4) is 16.9 Å². The summed E-state index contributed by atoms with van der Waals surface area (Å²) in [5, 5.41) is 3.60. The molecule has 12 rings (SSSR count). The van der Waals surface area contributed by atoms with Crippen LogP contribution in [0.1, 0.15) is 77.0 Å². The zero-order valence-corrected chi connectivity index (χ0v) is 36.5. The Morgan fingerprint density at radius 2 is 1.23 bits per heavy atom. The molecule has 6 aromatic carbocycles. The van der Waals surface area contributed by atoms with Gasteiger partial charge in [-0.05, 0) is 94.5 Å². The lowest BCUT2D eigenvalue weighted by Gasteiger charge is -2.36. The van der Waals surface area contributed by atoms with Gasteiger partial charge < -0.3 is 10.1 Å². The van der Waals surface area contributed by atoms with Crippen LogP contribution in [0.4, 0.5) is 0 Å². The van der Waals surface area contributed by atoms with Crippen molar-refractivity contribution in [1.82, 2.24) is 5.32 Å². The molecule has 316 valence electrons. The van der Waals surface area contributed by atoms with E-state index in [-0.39, 0.29) is 0 Å². The molecule has 0 fully saturated rings. The molecule has 65 heavy (non-hydrogen) atoms. The normalized spacial score (nSPS) is 25.2. The van der Waals surface area contributed by atoms with Crippen LogP contribution in [0.15, 0.2) is 227 Å². The first-order valence-corrected chi connectivity index (χ1v) is 23.2. The molecule has 5 heteroatoms. The third-order valence-electron chi connectivity index (χ3n) is 14.7. The molecule has 3 heterocycles. The second kappa shape index (κ2) is 16.3. The molecule has 0 saturated heterocycles. The van der Waals surface area contributed by atoms with Crippen molar-refractivity contribution in [3.63, 3.8) is 0 Å². The van der Waals surface area contributed by atoms with Crippen molar-refractivity contribution in [3.05, 3.63) is 251 Å². The summed E-state index contributed by atoms with van der Waals surface area (Å²) in [6.45, 7) is 2.48. The smallest absolute Gasteiger partial charge is 0.161 e. The summed E-state index contributed by atoms with van der Waals surface area (Å²) in [5.41, 5.74) is 12.5. The van der Waals surface area contributed by atoms with E-state index in [0.29, 0.717) is 29.6 Å². The molecule has 1 N–H and O–H groups in total. The zero-order valence-electron chi connectivity index (χ0n) is 36.5. The van der Waals surface area contributed by atoms with Crippen LogP contribution in [-0.2, 0) is 5.41 Å². The Kier molecular flexibility index (Phi) is 9.85. The maximum atomic E-state index is 6.79. The van der Waals surface area contributed by atoms with Gasteiger partial charge in [0.1, 0.15) is 28.6 Å². The van der Waals surface area contributed by atoms with Crippen LogP contribution < -0.4 is 10.1 Å². The predicted octanol–water partition coefficient (Wildman–Crippen LogP) is 13.1. The summed E-state index contributed by atoms with van der Waals surface area (Å²) >= 11 is 0. The highest BCUT2D eigenvalue weighted by Gasteiger charge is 2.53. The van der Waals surface area contributed by atoms with Crippen LogP contribution in [0.3, 0.4) is 0 Å². The molecule has 0 radical (unpaired) electrons. The summed E-state index contributed by atoms with van der Waals surface area (Å²) in [5.74, 6) is 5.16. The SMILES string of the molecule is CC1c2ccc(-c3ccc4c(c3)C3(C5N=C(c6ccccc6)NC(c6ccccc6)=N5)CC=CC=C3O4)cc2C2C=CC=CC2CC1C1C=C(c2ccccc2)N=C(c2ccccc2)C1. The molecule has 6 aliphatic rings. The summed E-state index contributed by atoms with van der Waals surface area (Å²) in [6, 6.07) is 56.4. The number of allylic oxidation sites excluding steroid dienone is 8. The second-order valence-corrected chi connectivity index (χ2v) is 18.3. The van der Waals surface area contributed by atoms with E-state index in [0.717, 1.165) is 64.8 Å². The fraction of sp³-hybridized carbons (Fsp3) is 0.183. The van der Waals surface area contributed by atoms with Crippen molar-refractivity contribution in [2.75, 3.05) is 0 Å². The fourth-order valence-corrected chi connectivity index (χ4v) is 11.4. The third kappa shape index (κ3) is 6.98. The number of benzene rings is 6. The maximum absolute atomic E-state index is 6.79.